The van der Waals surface area contributed by atoms with Gasteiger partial charge in [-0.1, -0.05) is 11.3 Å². The largest absolute Gasteiger partial charge is 0.381 e. The number of rotatable bonds is 6. The fraction of sp³-hybridized carbons (Fsp3) is 0.667. The van der Waals surface area contributed by atoms with Crippen molar-refractivity contribution in [1.29, 1.82) is 0 Å². The molecular weight excluding hydrogens is 250 g/mol. The minimum absolute atomic E-state index is 0.269. The van der Waals surface area contributed by atoms with Crippen molar-refractivity contribution in [2.45, 2.75) is 25.6 Å². The minimum Gasteiger partial charge on any atom is -0.381 e. The van der Waals surface area contributed by atoms with E-state index >= 15 is 0 Å². The first-order chi connectivity index (χ1) is 7.63. The third-order valence-electron chi connectivity index (χ3n) is 1.72. The second-order valence-electron chi connectivity index (χ2n) is 3.05. The number of hydrogen-bond acceptors (Lipinski definition) is 5. The summed E-state index contributed by atoms with van der Waals surface area (Å²) < 4.78 is 5.20. The third-order valence-corrected chi connectivity index (χ3v) is 2.82. The normalized spacial score (nSPS) is 12.4. The number of aromatic nitrogens is 2. The van der Waals surface area contributed by atoms with Crippen molar-refractivity contribution < 1.29 is 9.53 Å². The maximum atomic E-state index is 11.3. The summed E-state index contributed by atoms with van der Waals surface area (Å²) in [4.78, 5) is 11.3. The van der Waals surface area contributed by atoms with Crippen LogP contribution < -0.4 is 5.32 Å². The highest BCUT2D eigenvalue weighted by atomic mass is 35.5. The van der Waals surface area contributed by atoms with Crippen molar-refractivity contribution in [2.24, 2.45) is 0 Å². The van der Waals surface area contributed by atoms with Crippen molar-refractivity contribution in [1.82, 2.24) is 10.2 Å². The smallest absolute Gasteiger partial charge is 0.243 e. The average molecular weight is 264 g/mol. The molecule has 0 fully saturated rings. The number of carbonyl (C=O) groups excluding carboxylic acids is 1. The Labute approximate surface area is 103 Å². The third kappa shape index (κ3) is 4.42. The topological polar surface area (TPSA) is 64.1 Å². The summed E-state index contributed by atoms with van der Waals surface area (Å²) in [6, 6.07) is 0. The SMILES string of the molecule is CCOCCc1nnc(NC(=O)[C@@H](C)Cl)s1. The van der Waals surface area contributed by atoms with Crippen molar-refractivity contribution in [3.8, 4) is 0 Å². The Morgan fingerprint density at radius 1 is 1.62 bits per heavy atom. The lowest BCUT2D eigenvalue weighted by atomic mass is 10.4. The van der Waals surface area contributed by atoms with Crippen molar-refractivity contribution >= 4 is 34.0 Å². The van der Waals surface area contributed by atoms with Gasteiger partial charge in [0.05, 0.1) is 6.61 Å². The molecule has 7 heteroatoms. The van der Waals surface area contributed by atoms with E-state index in [1.165, 1.54) is 11.3 Å². The Morgan fingerprint density at radius 2 is 2.38 bits per heavy atom. The molecule has 0 bridgehead atoms. The number of ether oxygens (including phenoxy) is 1. The molecule has 1 atom stereocenters. The number of halogens is 1. The zero-order valence-corrected chi connectivity index (χ0v) is 10.8. The molecule has 1 amide bonds. The number of amides is 1. The molecule has 0 aromatic carbocycles. The van der Waals surface area contributed by atoms with Gasteiger partial charge in [-0.05, 0) is 13.8 Å². The van der Waals surface area contributed by atoms with Gasteiger partial charge in [-0.3, -0.25) is 10.1 Å². The summed E-state index contributed by atoms with van der Waals surface area (Å²) >= 11 is 6.95. The lowest BCUT2D eigenvalue weighted by molar-refractivity contribution is -0.115. The van der Waals surface area contributed by atoms with Gasteiger partial charge in [0.2, 0.25) is 11.0 Å². The summed E-state index contributed by atoms with van der Waals surface area (Å²) in [5, 5.41) is 11.1. The van der Waals surface area contributed by atoms with Crippen LogP contribution in [0.15, 0.2) is 0 Å². The fourth-order valence-electron chi connectivity index (χ4n) is 0.914. The van der Waals surface area contributed by atoms with E-state index in [1.807, 2.05) is 6.92 Å². The van der Waals surface area contributed by atoms with Gasteiger partial charge in [0.1, 0.15) is 10.4 Å². The van der Waals surface area contributed by atoms with Gasteiger partial charge < -0.3 is 4.74 Å². The predicted molar refractivity (Wildman–Crippen MR) is 64.1 cm³/mol. The van der Waals surface area contributed by atoms with Gasteiger partial charge in [-0.25, -0.2) is 0 Å². The van der Waals surface area contributed by atoms with E-state index in [4.69, 9.17) is 16.3 Å². The highest BCUT2D eigenvalue weighted by Gasteiger charge is 2.12. The van der Waals surface area contributed by atoms with Gasteiger partial charge in [0.15, 0.2) is 0 Å². The Hall–Kier alpha value is -0.720. The van der Waals surface area contributed by atoms with E-state index in [2.05, 4.69) is 15.5 Å². The lowest BCUT2D eigenvalue weighted by Crippen LogP contribution is -2.20. The molecule has 0 aliphatic heterocycles. The van der Waals surface area contributed by atoms with Gasteiger partial charge in [0, 0.05) is 13.0 Å². The van der Waals surface area contributed by atoms with Gasteiger partial charge in [-0.2, -0.15) is 0 Å². The molecule has 0 spiro atoms. The van der Waals surface area contributed by atoms with Crippen LogP contribution in [0.1, 0.15) is 18.9 Å². The van der Waals surface area contributed by atoms with E-state index in [1.54, 1.807) is 6.92 Å². The van der Waals surface area contributed by atoms with E-state index in [0.717, 1.165) is 5.01 Å². The fourth-order valence-corrected chi connectivity index (χ4v) is 1.69. The number of carbonyl (C=O) groups is 1. The van der Waals surface area contributed by atoms with Crippen molar-refractivity contribution in [3.05, 3.63) is 5.01 Å². The molecule has 1 rings (SSSR count). The zero-order valence-electron chi connectivity index (χ0n) is 9.20. The van der Waals surface area contributed by atoms with Crippen molar-refractivity contribution in [3.63, 3.8) is 0 Å². The molecule has 0 aliphatic carbocycles. The lowest BCUT2D eigenvalue weighted by Gasteiger charge is -2.00. The molecule has 0 saturated heterocycles. The minimum atomic E-state index is -0.573. The van der Waals surface area contributed by atoms with Crippen LogP contribution in [0.3, 0.4) is 0 Å². The van der Waals surface area contributed by atoms with Gasteiger partial charge >= 0.3 is 0 Å². The number of alkyl halides is 1. The molecular formula is C9H14ClN3O2S. The molecule has 16 heavy (non-hydrogen) atoms. The summed E-state index contributed by atoms with van der Waals surface area (Å²) in [6.07, 6.45) is 0.706. The van der Waals surface area contributed by atoms with Crippen LogP contribution in [0.2, 0.25) is 0 Å². The van der Waals surface area contributed by atoms with E-state index in [-0.39, 0.29) is 5.91 Å². The standard InChI is InChI=1S/C9H14ClN3O2S/c1-3-15-5-4-7-12-13-9(16-7)11-8(14)6(2)10/h6H,3-5H2,1-2H3,(H,11,13,14)/t6-/m1/s1. The van der Waals surface area contributed by atoms with Crippen LogP contribution in [0.5, 0.6) is 0 Å². The molecule has 1 N–H and O–H groups in total. The van der Waals surface area contributed by atoms with Crippen LogP contribution in [0, 0.1) is 0 Å². The zero-order chi connectivity index (χ0) is 12.0. The summed E-state index contributed by atoms with van der Waals surface area (Å²) in [6.45, 7) is 4.85. The maximum absolute atomic E-state index is 11.3. The summed E-state index contributed by atoms with van der Waals surface area (Å²) in [5.41, 5.74) is 0. The Morgan fingerprint density at radius 3 is 3.00 bits per heavy atom. The maximum Gasteiger partial charge on any atom is 0.243 e. The van der Waals surface area contributed by atoms with Crippen LogP contribution >= 0.6 is 22.9 Å². The quantitative estimate of drug-likeness (QED) is 0.627. The Bertz CT molecular complexity index is 343. The highest BCUT2D eigenvalue weighted by molar-refractivity contribution is 7.15. The predicted octanol–water partition coefficient (Wildman–Crippen LogP) is 1.68. The first-order valence-electron chi connectivity index (χ1n) is 4.98. The first kappa shape index (κ1) is 13.3. The Balaban J connectivity index is 2.42. The molecule has 1 aromatic rings. The van der Waals surface area contributed by atoms with Gasteiger partial charge in [0.25, 0.3) is 0 Å². The molecule has 1 aromatic heterocycles. The molecule has 5 nitrogen and oxygen atoms in total. The summed E-state index contributed by atoms with van der Waals surface area (Å²) in [7, 11) is 0. The summed E-state index contributed by atoms with van der Waals surface area (Å²) in [5.74, 6) is -0.269. The first-order valence-corrected chi connectivity index (χ1v) is 6.23. The molecule has 0 radical (unpaired) electrons. The van der Waals surface area contributed by atoms with E-state index < -0.39 is 5.38 Å². The van der Waals surface area contributed by atoms with Crippen LogP contribution in [-0.2, 0) is 16.0 Å². The second-order valence-corrected chi connectivity index (χ2v) is 4.77. The molecule has 0 saturated carbocycles. The number of hydrogen-bond donors (Lipinski definition) is 1. The van der Waals surface area contributed by atoms with Crippen LogP contribution in [-0.4, -0.2) is 34.7 Å². The van der Waals surface area contributed by atoms with E-state index in [9.17, 15) is 4.79 Å². The Kier molecular flexibility index (Phi) is 5.65. The van der Waals surface area contributed by atoms with E-state index in [0.29, 0.717) is 24.8 Å². The molecule has 90 valence electrons. The van der Waals surface area contributed by atoms with Crippen LogP contribution in [0.25, 0.3) is 0 Å². The molecule has 1 heterocycles. The molecule has 0 aliphatic rings. The average Bonchev–Trinajstić information content (AvgIpc) is 2.66. The van der Waals surface area contributed by atoms with Crippen LogP contribution in [0.4, 0.5) is 5.13 Å². The number of anilines is 1. The van der Waals surface area contributed by atoms with Gasteiger partial charge in [-0.15, -0.1) is 21.8 Å². The molecule has 0 unspecified atom stereocenters. The monoisotopic (exact) mass is 263 g/mol. The second kappa shape index (κ2) is 6.78. The number of nitrogens with zero attached hydrogens (tertiary/aromatic N) is 2. The number of nitrogens with one attached hydrogen (secondary N) is 1. The van der Waals surface area contributed by atoms with Crippen molar-refractivity contribution in [2.75, 3.05) is 18.5 Å². The highest BCUT2D eigenvalue weighted by Crippen LogP contribution is 2.16.